The molecule has 1 atom stereocenters. The van der Waals surface area contributed by atoms with Crippen LogP contribution in [0.4, 0.5) is 5.82 Å². The predicted octanol–water partition coefficient (Wildman–Crippen LogP) is 6.33. The van der Waals surface area contributed by atoms with Gasteiger partial charge in [-0.3, -0.25) is 10.4 Å². The van der Waals surface area contributed by atoms with E-state index in [1.165, 1.54) is 20.9 Å². The Morgan fingerprint density at radius 3 is 2.85 bits per heavy atom. The minimum Gasteiger partial charge on any atom is -0.383 e. The average molecular weight is 466 g/mol. The second-order valence-electron chi connectivity index (χ2n) is 8.89. The molecule has 4 heterocycles. The molecule has 2 aliphatic rings. The molecule has 0 saturated carbocycles. The Hall–Kier alpha value is -3.77. The lowest BCUT2D eigenvalue weighted by molar-refractivity contribution is 0.942. The van der Waals surface area contributed by atoms with Gasteiger partial charge in [0.2, 0.25) is 0 Å². The van der Waals surface area contributed by atoms with Crippen molar-refractivity contribution < 1.29 is 0 Å². The quantitative estimate of drug-likeness (QED) is 0.393. The van der Waals surface area contributed by atoms with E-state index in [0.717, 1.165) is 34.5 Å². The number of H-pyrrole nitrogens is 1. The van der Waals surface area contributed by atoms with Gasteiger partial charge >= 0.3 is 0 Å². The van der Waals surface area contributed by atoms with Crippen molar-refractivity contribution in [2.75, 3.05) is 5.73 Å². The Balaban J connectivity index is 1.54. The van der Waals surface area contributed by atoms with Gasteiger partial charge in [-0.15, -0.1) is 11.3 Å². The number of rotatable bonds is 4. The number of hydrogen-bond acceptors (Lipinski definition) is 5. The van der Waals surface area contributed by atoms with Crippen LogP contribution in [0.1, 0.15) is 51.7 Å². The van der Waals surface area contributed by atoms with Gasteiger partial charge in [-0.25, -0.2) is 4.98 Å². The monoisotopic (exact) mass is 465 g/mol. The third kappa shape index (κ3) is 4.24. The minimum atomic E-state index is 0.263. The number of thiophene rings is 1. The Kier molecular flexibility index (Phi) is 5.75. The highest BCUT2D eigenvalue weighted by molar-refractivity contribution is 7.13. The lowest BCUT2D eigenvalue weighted by Crippen LogP contribution is -2.09. The molecular weight excluding hydrogens is 438 g/mol. The number of allylic oxidation sites excluding steroid dienone is 6. The number of aryl methyl sites for hydroxylation is 1. The summed E-state index contributed by atoms with van der Waals surface area (Å²) in [6.45, 7) is 6.37. The fourth-order valence-corrected chi connectivity index (χ4v) is 5.21. The molecule has 34 heavy (non-hydrogen) atoms. The van der Waals surface area contributed by atoms with Crippen molar-refractivity contribution in [3.05, 3.63) is 104 Å². The zero-order valence-corrected chi connectivity index (χ0v) is 20.3. The van der Waals surface area contributed by atoms with Gasteiger partial charge in [0.05, 0.1) is 11.4 Å². The molecule has 0 bridgehead atoms. The second kappa shape index (κ2) is 8.88. The van der Waals surface area contributed by atoms with Gasteiger partial charge in [0.15, 0.2) is 0 Å². The van der Waals surface area contributed by atoms with Crippen LogP contribution < -0.4 is 5.73 Å². The maximum Gasteiger partial charge on any atom is 0.132 e. The first kappa shape index (κ1) is 22.0. The van der Waals surface area contributed by atoms with Crippen molar-refractivity contribution in [3.63, 3.8) is 0 Å². The van der Waals surface area contributed by atoms with Crippen LogP contribution in [0.2, 0.25) is 0 Å². The molecule has 3 aromatic rings. The number of nitrogens with two attached hydrogens (primary N) is 1. The molecule has 0 unspecified atom stereocenters. The fraction of sp³-hybridized carbons (Fsp3) is 0.179. The van der Waals surface area contributed by atoms with E-state index in [9.17, 15) is 0 Å². The Bertz CT molecular complexity index is 1440. The number of aromatic amines is 1. The number of nitrogens with one attached hydrogen (secondary N) is 2. The Morgan fingerprint density at radius 2 is 2.06 bits per heavy atom. The first-order valence-corrected chi connectivity index (χ1v) is 12.1. The zero-order valence-electron chi connectivity index (χ0n) is 19.5. The fourth-order valence-electron chi connectivity index (χ4n) is 4.30. The van der Waals surface area contributed by atoms with E-state index >= 15 is 0 Å². The molecule has 1 aliphatic carbocycles. The van der Waals surface area contributed by atoms with Gasteiger partial charge in [-0.05, 0) is 49.6 Å². The summed E-state index contributed by atoms with van der Waals surface area (Å²) in [4.78, 5) is 14.8. The number of aromatic nitrogens is 2. The van der Waals surface area contributed by atoms with Gasteiger partial charge in [0.25, 0.3) is 0 Å². The van der Waals surface area contributed by atoms with E-state index in [1.54, 1.807) is 17.5 Å². The Morgan fingerprint density at radius 1 is 1.21 bits per heavy atom. The second-order valence-corrected chi connectivity index (χ2v) is 10.2. The van der Waals surface area contributed by atoms with Crippen LogP contribution in [-0.2, 0) is 6.42 Å². The van der Waals surface area contributed by atoms with E-state index in [-0.39, 0.29) is 5.92 Å². The third-order valence-electron chi connectivity index (χ3n) is 6.11. The third-order valence-corrected chi connectivity index (χ3v) is 7.14. The molecule has 0 radical (unpaired) electrons. The van der Waals surface area contributed by atoms with Crippen molar-refractivity contribution >= 4 is 40.2 Å². The summed E-state index contributed by atoms with van der Waals surface area (Å²) in [5, 5.41) is 9.02. The van der Waals surface area contributed by atoms with Crippen LogP contribution in [-0.4, -0.2) is 21.9 Å². The highest BCUT2D eigenvalue weighted by Gasteiger charge is 2.21. The summed E-state index contributed by atoms with van der Waals surface area (Å²) in [5.74, 6) is 0.607. The number of hydrogen-bond donors (Lipinski definition) is 3. The maximum absolute atomic E-state index is 9.02. The van der Waals surface area contributed by atoms with Crippen LogP contribution >= 0.6 is 11.3 Å². The van der Waals surface area contributed by atoms with E-state index in [4.69, 9.17) is 11.1 Å². The van der Waals surface area contributed by atoms with Gasteiger partial charge in [0, 0.05) is 62.7 Å². The van der Waals surface area contributed by atoms with E-state index in [1.807, 2.05) is 24.6 Å². The summed E-state index contributed by atoms with van der Waals surface area (Å²) in [5.41, 5.74) is 14.5. The van der Waals surface area contributed by atoms with Gasteiger partial charge < -0.3 is 10.7 Å². The standard InChI is InChI=1S/C28H27N5S/c1-16-4-6-21(26-7-5-18(3)34-26)22-13-25(33-24(22)11-16)27(29)23-12-20(15-32-28(23)30)19-10-17(2)8-9-31-14-19/h4-10,12-15,17,29,33H,11H2,1-3H3,(H2,30,32)/t17-/m0/s1. The first-order chi connectivity index (χ1) is 16.4. The summed E-state index contributed by atoms with van der Waals surface area (Å²) in [7, 11) is 0. The van der Waals surface area contributed by atoms with Crippen LogP contribution in [0.5, 0.6) is 0 Å². The molecule has 0 spiro atoms. The molecule has 0 saturated heterocycles. The van der Waals surface area contributed by atoms with Crippen LogP contribution in [0, 0.1) is 18.3 Å². The SMILES string of the molecule is CC1=CC=C(c2ccc(C)s2)c2cc(C(=N)c3cc(C4=C[C@@H](C)C=CN=C4)cnc3N)[nH]c2C1. The lowest BCUT2D eigenvalue weighted by Gasteiger charge is -2.10. The molecule has 4 N–H and O–H groups in total. The number of fused-ring (bicyclic) bond motifs is 1. The van der Waals surface area contributed by atoms with Crippen molar-refractivity contribution in [2.24, 2.45) is 10.9 Å². The number of anilines is 1. The van der Waals surface area contributed by atoms with E-state index < -0.39 is 0 Å². The molecule has 170 valence electrons. The average Bonchev–Trinajstić information content (AvgIpc) is 3.31. The van der Waals surface area contributed by atoms with Gasteiger partial charge in [-0.2, -0.15) is 0 Å². The summed E-state index contributed by atoms with van der Waals surface area (Å²) in [6.07, 6.45) is 14.8. The molecular formula is C28H27N5S. The van der Waals surface area contributed by atoms with Crippen molar-refractivity contribution in [1.82, 2.24) is 9.97 Å². The van der Waals surface area contributed by atoms with Gasteiger partial charge in [0.1, 0.15) is 5.82 Å². The number of nitrogen functional groups attached to an aromatic ring is 1. The zero-order chi connectivity index (χ0) is 23.8. The number of aliphatic imine (C=N–C) groups is 1. The highest BCUT2D eigenvalue weighted by Crippen LogP contribution is 2.35. The topological polar surface area (TPSA) is 90.9 Å². The van der Waals surface area contributed by atoms with Crippen molar-refractivity contribution in [1.29, 1.82) is 5.41 Å². The largest absolute Gasteiger partial charge is 0.383 e. The molecule has 3 aromatic heterocycles. The molecule has 5 nitrogen and oxygen atoms in total. The number of nitrogens with zero attached hydrogens (tertiary/aromatic N) is 2. The smallest absolute Gasteiger partial charge is 0.132 e. The molecule has 5 rings (SSSR count). The normalized spacial score (nSPS) is 17.4. The van der Waals surface area contributed by atoms with E-state index in [0.29, 0.717) is 17.1 Å². The predicted molar refractivity (Wildman–Crippen MR) is 144 cm³/mol. The highest BCUT2D eigenvalue weighted by atomic mass is 32.1. The molecule has 1 aliphatic heterocycles. The molecule has 0 fully saturated rings. The summed E-state index contributed by atoms with van der Waals surface area (Å²) in [6, 6.07) is 8.34. The summed E-state index contributed by atoms with van der Waals surface area (Å²) >= 11 is 1.79. The Labute approximate surface area is 203 Å². The van der Waals surface area contributed by atoms with E-state index in [2.05, 4.69) is 72.2 Å². The molecule has 6 heteroatoms. The molecule has 0 aromatic carbocycles. The first-order valence-electron chi connectivity index (χ1n) is 11.3. The summed E-state index contributed by atoms with van der Waals surface area (Å²) < 4.78 is 0. The van der Waals surface area contributed by atoms with Crippen LogP contribution in [0.25, 0.3) is 11.1 Å². The van der Waals surface area contributed by atoms with Gasteiger partial charge in [-0.1, -0.05) is 36.8 Å². The van der Waals surface area contributed by atoms with Crippen LogP contribution in [0.3, 0.4) is 0 Å². The van der Waals surface area contributed by atoms with Crippen LogP contribution in [0.15, 0.2) is 71.5 Å². The molecule has 0 amide bonds. The minimum absolute atomic E-state index is 0.263. The number of pyridine rings is 1. The van der Waals surface area contributed by atoms with Crippen molar-refractivity contribution in [3.8, 4) is 0 Å². The lowest BCUT2D eigenvalue weighted by atomic mass is 9.99. The maximum atomic E-state index is 9.02. The van der Waals surface area contributed by atoms with Crippen molar-refractivity contribution in [2.45, 2.75) is 27.2 Å².